The Morgan fingerprint density at radius 1 is 1.37 bits per heavy atom. The van der Waals surface area contributed by atoms with Crippen LogP contribution in [0.4, 0.5) is 0 Å². The molecule has 2 aromatic rings. The van der Waals surface area contributed by atoms with Crippen molar-refractivity contribution in [3.05, 3.63) is 58.3 Å². The lowest BCUT2D eigenvalue weighted by molar-refractivity contribution is 0.191. The molecule has 0 spiro atoms. The Morgan fingerprint density at radius 3 is 2.89 bits per heavy atom. The van der Waals surface area contributed by atoms with Crippen molar-refractivity contribution in [3.63, 3.8) is 0 Å². The van der Waals surface area contributed by atoms with Gasteiger partial charge < -0.3 is 9.84 Å². The lowest BCUT2D eigenvalue weighted by Crippen LogP contribution is -2.05. The summed E-state index contributed by atoms with van der Waals surface area (Å²) in [5.74, 6) is 0.716. The molecule has 0 amide bonds. The monoisotopic (exact) mass is 321 g/mol. The Morgan fingerprint density at radius 2 is 2.21 bits per heavy atom. The van der Waals surface area contributed by atoms with Gasteiger partial charge in [-0.3, -0.25) is 4.98 Å². The molecule has 3 nitrogen and oxygen atoms in total. The molecule has 0 bridgehead atoms. The Balaban J connectivity index is 2.01. The van der Waals surface area contributed by atoms with Crippen LogP contribution in [0.5, 0.6) is 5.75 Å². The molecule has 19 heavy (non-hydrogen) atoms. The van der Waals surface area contributed by atoms with Crippen LogP contribution in [-0.2, 0) is 6.42 Å². The highest BCUT2D eigenvalue weighted by atomic mass is 79.9. The van der Waals surface area contributed by atoms with Gasteiger partial charge in [0.15, 0.2) is 0 Å². The van der Waals surface area contributed by atoms with E-state index < -0.39 is 6.10 Å². The number of benzene rings is 1. The van der Waals surface area contributed by atoms with Gasteiger partial charge in [-0.15, -0.1) is 0 Å². The summed E-state index contributed by atoms with van der Waals surface area (Å²) >= 11 is 3.41. The van der Waals surface area contributed by atoms with Gasteiger partial charge in [-0.2, -0.15) is 0 Å². The van der Waals surface area contributed by atoms with Crippen molar-refractivity contribution in [2.75, 3.05) is 6.61 Å². The summed E-state index contributed by atoms with van der Waals surface area (Å²) in [6, 6.07) is 9.58. The number of ether oxygens (including phenoxy) is 1. The first-order valence-corrected chi connectivity index (χ1v) is 6.95. The zero-order valence-corrected chi connectivity index (χ0v) is 12.3. The molecule has 0 aliphatic carbocycles. The molecule has 0 aliphatic heterocycles. The Hall–Kier alpha value is -1.39. The largest absolute Gasteiger partial charge is 0.493 e. The number of hydrogen-bond acceptors (Lipinski definition) is 3. The summed E-state index contributed by atoms with van der Waals surface area (Å²) in [5.41, 5.74) is 1.94. The third-order valence-electron chi connectivity index (χ3n) is 2.80. The van der Waals surface area contributed by atoms with Crippen LogP contribution in [0.3, 0.4) is 0 Å². The first-order chi connectivity index (χ1) is 9.16. The van der Waals surface area contributed by atoms with E-state index in [1.807, 2.05) is 36.5 Å². The predicted molar refractivity (Wildman–Crippen MR) is 78.2 cm³/mol. The van der Waals surface area contributed by atoms with Gasteiger partial charge in [0.1, 0.15) is 5.75 Å². The van der Waals surface area contributed by atoms with Crippen molar-refractivity contribution in [1.29, 1.82) is 0 Å². The molecule has 1 atom stereocenters. The van der Waals surface area contributed by atoms with Crippen LogP contribution in [0.15, 0.2) is 47.2 Å². The number of halogens is 1. The SMILES string of the molecule is CC(O)c1ccc(Br)cc1OCCc1cccnc1. The fourth-order valence-corrected chi connectivity index (χ4v) is 2.14. The zero-order valence-electron chi connectivity index (χ0n) is 10.7. The van der Waals surface area contributed by atoms with E-state index >= 15 is 0 Å². The molecule has 1 aromatic carbocycles. The first kappa shape index (κ1) is 14.0. The summed E-state index contributed by atoms with van der Waals surface area (Å²) in [6.07, 6.45) is 3.84. The molecule has 4 heteroatoms. The van der Waals surface area contributed by atoms with Crippen LogP contribution in [0.25, 0.3) is 0 Å². The molecule has 0 fully saturated rings. The maximum atomic E-state index is 9.71. The number of aromatic nitrogens is 1. The maximum absolute atomic E-state index is 9.71. The predicted octanol–water partition coefficient (Wildman–Crippen LogP) is 3.52. The van der Waals surface area contributed by atoms with Crippen molar-refractivity contribution >= 4 is 15.9 Å². The molecule has 100 valence electrons. The third-order valence-corrected chi connectivity index (χ3v) is 3.29. The zero-order chi connectivity index (χ0) is 13.7. The molecule has 1 N–H and O–H groups in total. The van der Waals surface area contributed by atoms with Gasteiger partial charge in [-0.05, 0) is 30.7 Å². The van der Waals surface area contributed by atoms with Crippen molar-refractivity contribution in [2.45, 2.75) is 19.4 Å². The standard InChI is InChI=1S/C15H16BrNO2/c1-11(18)14-5-4-13(16)9-15(14)19-8-6-12-3-2-7-17-10-12/h2-5,7,9-11,18H,6,8H2,1H3. The van der Waals surface area contributed by atoms with Crippen LogP contribution >= 0.6 is 15.9 Å². The Bertz CT molecular complexity index is 529. The molecule has 0 radical (unpaired) electrons. The highest BCUT2D eigenvalue weighted by Gasteiger charge is 2.09. The summed E-state index contributed by atoms with van der Waals surface area (Å²) in [6.45, 7) is 2.29. The average molecular weight is 322 g/mol. The van der Waals surface area contributed by atoms with Gasteiger partial charge in [0, 0.05) is 28.9 Å². The van der Waals surface area contributed by atoms with Crippen LogP contribution < -0.4 is 4.74 Å². The van der Waals surface area contributed by atoms with E-state index in [-0.39, 0.29) is 0 Å². The van der Waals surface area contributed by atoms with E-state index in [0.717, 1.165) is 22.0 Å². The summed E-state index contributed by atoms with van der Waals surface area (Å²) in [4.78, 5) is 4.07. The van der Waals surface area contributed by atoms with E-state index in [0.29, 0.717) is 12.4 Å². The molecule has 1 unspecified atom stereocenters. The van der Waals surface area contributed by atoms with E-state index in [2.05, 4.69) is 20.9 Å². The number of rotatable bonds is 5. The minimum absolute atomic E-state index is 0.540. The van der Waals surface area contributed by atoms with Crippen molar-refractivity contribution in [2.24, 2.45) is 0 Å². The van der Waals surface area contributed by atoms with Gasteiger partial charge in [0.25, 0.3) is 0 Å². The van der Waals surface area contributed by atoms with Crippen LogP contribution in [-0.4, -0.2) is 16.7 Å². The summed E-state index contributed by atoms with van der Waals surface area (Å²) in [5, 5.41) is 9.71. The molecule has 0 saturated heterocycles. The number of nitrogens with zero attached hydrogens (tertiary/aromatic N) is 1. The van der Waals surface area contributed by atoms with Crippen LogP contribution in [0, 0.1) is 0 Å². The molecule has 0 aliphatic rings. The van der Waals surface area contributed by atoms with Crippen LogP contribution in [0.2, 0.25) is 0 Å². The van der Waals surface area contributed by atoms with E-state index in [1.165, 1.54) is 0 Å². The summed E-state index contributed by atoms with van der Waals surface area (Å²) in [7, 11) is 0. The number of pyridine rings is 1. The second-order valence-electron chi connectivity index (χ2n) is 4.32. The van der Waals surface area contributed by atoms with Crippen molar-refractivity contribution < 1.29 is 9.84 Å². The lowest BCUT2D eigenvalue weighted by Gasteiger charge is -2.13. The highest BCUT2D eigenvalue weighted by Crippen LogP contribution is 2.28. The Labute approximate surface area is 121 Å². The Kier molecular flexibility index (Phi) is 4.93. The second-order valence-corrected chi connectivity index (χ2v) is 5.23. The quantitative estimate of drug-likeness (QED) is 0.916. The number of aliphatic hydroxyl groups is 1. The molecular weight excluding hydrogens is 306 g/mol. The summed E-state index contributed by atoms with van der Waals surface area (Å²) < 4.78 is 6.70. The maximum Gasteiger partial charge on any atom is 0.126 e. The van der Waals surface area contributed by atoms with Gasteiger partial charge in [0.05, 0.1) is 12.7 Å². The lowest BCUT2D eigenvalue weighted by atomic mass is 10.1. The third kappa shape index (κ3) is 4.04. The van der Waals surface area contributed by atoms with Gasteiger partial charge >= 0.3 is 0 Å². The fraction of sp³-hybridized carbons (Fsp3) is 0.267. The highest BCUT2D eigenvalue weighted by molar-refractivity contribution is 9.10. The average Bonchev–Trinajstić information content (AvgIpc) is 2.39. The normalized spacial score (nSPS) is 12.2. The molecule has 1 heterocycles. The minimum atomic E-state index is -0.540. The number of hydrogen-bond donors (Lipinski definition) is 1. The van der Waals surface area contributed by atoms with E-state index in [9.17, 15) is 5.11 Å². The van der Waals surface area contributed by atoms with Gasteiger partial charge in [0.2, 0.25) is 0 Å². The van der Waals surface area contributed by atoms with Gasteiger partial charge in [-0.25, -0.2) is 0 Å². The topological polar surface area (TPSA) is 42.4 Å². The minimum Gasteiger partial charge on any atom is -0.493 e. The molecule has 1 aromatic heterocycles. The van der Waals surface area contributed by atoms with E-state index in [4.69, 9.17) is 4.74 Å². The van der Waals surface area contributed by atoms with E-state index in [1.54, 1.807) is 13.1 Å². The van der Waals surface area contributed by atoms with Crippen LogP contribution in [0.1, 0.15) is 24.2 Å². The first-order valence-electron chi connectivity index (χ1n) is 6.16. The van der Waals surface area contributed by atoms with Crippen molar-refractivity contribution in [1.82, 2.24) is 4.98 Å². The molecule has 0 saturated carbocycles. The number of aliphatic hydroxyl groups excluding tert-OH is 1. The second kappa shape index (κ2) is 6.68. The smallest absolute Gasteiger partial charge is 0.126 e. The van der Waals surface area contributed by atoms with Crippen molar-refractivity contribution in [3.8, 4) is 5.75 Å². The van der Waals surface area contributed by atoms with Gasteiger partial charge in [-0.1, -0.05) is 28.1 Å². The molecule has 2 rings (SSSR count). The fourth-order valence-electron chi connectivity index (χ4n) is 1.80. The molecular formula is C15H16BrNO2.